The van der Waals surface area contributed by atoms with Gasteiger partial charge in [-0.05, 0) is 48.4 Å². The third kappa shape index (κ3) is 4.72. The molecule has 2 aliphatic heterocycles. The van der Waals surface area contributed by atoms with E-state index < -0.39 is 0 Å². The smallest absolute Gasteiger partial charge is 0.321 e. The summed E-state index contributed by atoms with van der Waals surface area (Å²) in [5.74, 6) is 2.12. The van der Waals surface area contributed by atoms with E-state index in [-0.39, 0.29) is 18.9 Å². The molecule has 164 valence electrons. The Balaban J connectivity index is 1.14. The van der Waals surface area contributed by atoms with E-state index in [1.165, 1.54) is 0 Å². The Morgan fingerprint density at radius 3 is 2.72 bits per heavy atom. The zero-order valence-electron chi connectivity index (χ0n) is 17.6. The second-order valence-corrected chi connectivity index (χ2v) is 7.88. The van der Waals surface area contributed by atoms with Gasteiger partial charge >= 0.3 is 6.03 Å². The molecule has 1 saturated heterocycles. The summed E-state index contributed by atoms with van der Waals surface area (Å²) in [7, 11) is 0. The van der Waals surface area contributed by atoms with Crippen LogP contribution in [0.2, 0.25) is 0 Å². The first-order valence-corrected chi connectivity index (χ1v) is 10.7. The van der Waals surface area contributed by atoms with Crippen molar-refractivity contribution in [2.45, 2.75) is 19.1 Å². The highest BCUT2D eigenvalue weighted by Gasteiger charge is 2.26. The number of para-hydroxylation sites is 1. The van der Waals surface area contributed by atoms with Crippen LogP contribution in [-0.4, -0.2) is 36.9 Å². The number of ether oxygens (including phenoxy) is 3. The molecule has 0 spiro atoms. The number of hydrogen-bond acceptors (Lipinski definition) is 5. The molecule has 1 fully saturated rings. The van der Waals surface area contributed by atoms with E-state index in [0.29, 0.717) is 24.7 Å². The number of urea groups is 1. The number of nitrogens with one attached hydrogen (secondary N) is 2. The van der Waals surface area contributed by atoms with Gasteiger partial charge in [-0.15, -0.1) is 0 Å². The zero-order valence-corrected chi connectivity index (χ0v) is 17.6. The molecule has 2 aliphatic rings. The van der Waals surface area contributed by atoms with Crippen molar-refractivity contribution < 1.29 is 19.0 Å². The lowest BCUT2D eigenvalue weighted by Gasteiger charge is -2.18. The van der Waals surface area contributed by atoms with Crippen LogP contribution in [0, 0.1) is 0 Å². The molecule has 2 amide bonds. The van der Waals surface area contributed by atoms with E-state index in [0.717, 1.165) is 35.7 Å². The molecule has 7 heteroatoms. The average Bonchev–Trinajstić information content (AvgIpc) is 3.48. The second-order valence-electron chi connectivity index (χ2n) is 7.88. The summed E-state index contributed by atoms with van der Waals surface area (Å²) in [4.78, 5) is 14.6. The van der Waals surface area contributed by atoms with E-state index in [1.807, 2.05) is 77.7 Å². The lowest BCUT2D eigenvalue weighted by Crippen LogP contribution is -2.34. The van der Waals surface area contributed by atoms with Crippen LogP contribution in [0.1, 0.15) is 12.0 Å². The normalized spacial score (nSPS) is 16.6. The van der Waals surface area contributed by atoms with Crippen molar-refractivity contribution in [2.75, 3.05) is 30.5 Å². The van der Waals surface area contributed by atoms with Gasteiger partial charge in [-0.2, -0.15) is 0 Å². The zero-order chi connectivity index (χ0) is 21.8. The molecule has 3 aromatic rings. The lowest BCUT2D eigenvalue weighted by molar-refractivity contribution is 0.173. The van der Waals surface area contributed by atoms with Crippen molar-refractivity contribution in [3.05, 3.63) is 78.4 Å². The molecule has 2 heterocycles. The molecule has 5 rings (SSSR count). The maximum Gasteiger partial charge on any atom is 0.321 e. The summed E-state index contributed by atoms with van der Waals surface area (Å²) < 4.78 is 16.6. The molecular weight excluding hydrogens is 406 g/mol. The molecule has 0 aliphatic carbocycles. The first kappa shape index (κ1) is 20.1. The standard InChI is InChI=1S/C25H25N3O4/c29-25(28-12-11-21(15-28)26-19-6-2-1-3-7-19)27-20-8-4-5-18(13-20)16-30-22-9-10-23-24(14-22)32-17-31-23/h1-10,13-14,21,26H,11-12,15-17H2,(H,27,29). The van der Waals surface area contributed by atoms with Crippen LogP contribution in [0.4, 0.5) is 16.2 Å². The third-order valence-corrected chi connectivity index (χ3v) is 5.55. The molecule has 1 unspecified atom stereocenters. The SMILES string of the molecule is O=C(Nc1cccc(COc2ccc3c(c2)OCO3)c1)N1CCC(Nc2ccccc2)C1. The molecule has 0 aromatic heterocycles. The van der Waals surface area contributed by atoms with Crippen molar-refractivity contribution in [3.8, 4) is 17.2 Å². The van der Waals surface area contributed by atoms with Crippen LogP contribution >= 0.6 is 0 Å². The number of benzene rings is 3. The Morgan fingerprint density at radius 1 is 0.969 bits per heavy atom. The minimum atomic E-state index is -0.0869. The molecule has 2 N–H and O–H groups in total. The van der Waals surface area contributed by atoms with Crippen LogP contribution in [0.3, 0.4) is 0 Å². The van der Waals surface area contributed by atoms with Crippen molar-refractivity contribution >= 4 is 17.4 Å². The van der Waals surface area contributed by atoms with Crippen LogP contribution in [0.15, 0.2) is 72.8 Å². The summed E-state index contributed by atoms with van der Waals surface area (Å²) in [5, 5.41) is 6.50. The summed E-state index contributed by atoms with van der Waals surface area (Å²) in [6, 6.07) is 23.5. The Bertz CT molecular complexity index is 1090. The minimum Gasteiger partial charge on any atom is -0.489 e. The Morgan fingerprint density at radius 2 is 1.81 bits per heavy atom. The second kappa shape index (κ2) is 9.09. The quantitative estimate of drug-likeness (QED) is 0.591. The summed E-state index contributed by atoms with van der Waals surface area (Å²) >= 11 is 0. The predicted octanol–water partition coefficient (Wildman–Crippen LogP) is 4.71. The number of rotatable bonds is 6. The van der Waals surface area contributed by atoms with Crippen molar-refractivity contribution in [3.63, 3.8) is 0 Å². The van der Waals surface area contributed by atoms with Crippen molar-refractivity contribution in [1.29, 1.82) is 0 Å². The van der Waals surface area contributed by atoms with Crippen LogP contribution in [0.25, 0.3) is 0 Å². The van der Waals surface area contributed by atoms with E-state index in [4.69, 9.17) is 14.2 Å². The van der Waals surface area contributed by atoms with Gasteiger partial charge in [0.2, 0.25) is 6.79 Å². The van der Waals surface area contributed by atoms with Gasteiger partial charge in [0.15, 0.2) is 11.5 Å². The van der Waals surface area contributed by atoms with Crippen LogP contribution in [-0.2, 0) is 6.61 Å². The predicted molar refractivity (Wildman–Crippen MR) is 122 cm³/mol. The molecule has 3 aromatic carbocycles. The fourth-order valence-corrected chi connectivity index (χ4v) is 3.91. The maximum atomic E-state index is 12.7. The average molecular weight is 431 g/mol. The summed E-state index contributed by atoms with van der Waals surface area (Å²) in [6.45, 7) is 2.02. The largest absolute Gasteiger partial charge is 0.489 e. The summed E-state index contributed by atoms with van der Waals surface area (Å²) in [6.07, 6.45) is 0.922. The van der Waals surface area contributed by atoms with Gasteiger partial charge in [-0.3, -0.25) is 0 Å². The number of anilines is 2. The summed E-state index contributed by atoms with van der Waals surface area (Å²) in [5.41, 5.74) is 2.79. The number of amides is 2. The fourth-order valence-electron chi connectivity index (χ4n) is 3.91. The number of likely N-dealkylation sites (tertiary alicyclic amines) is 1. The number of fused-ring (bicyclic) bond motifs is 1. The van der Waals surface area contributed by atoms with Gasteiger partial charge in [0.25, 0.3) is 0 Å². The van der Waals surface area contributed by atoms with Crippen LogP contribution < -0.4 is 24.8 Å². The molecule has 7 nitrogen and oxygen atoms in total. The number of hydrogen-bond donors (Lipinski definition) is 2. The molecule has 32 heavy (non-hydrogen) atoms. The Kier molecular flexibility index (Phi) is 5.70. The monoisotopic (exact) mass is 431 g/mol. The van der Waals surface area contributed by atoms with E-state index in [9.17, 15) is 4.79 Å². The number of nitrogens with zero attached hydrogens (tertiary/aromatic N) is 1. The first-order chi connectivity index (χ1) is 15.7. The number of carbonyl (C=O) groups excluding carboxylic acids is 1. The highest BCUT2D eigenvalue weighted by molar-refractivity contribution is 5.89. The van der Waals surface area contributed by atoms with Crippen LogP contribution in [0.5, 0.6) is 17.2 Å². The minimum absolute atomic E-state index is 0.0869. The third-order valence-electron chi connectivity index (χ3n) is 5.55. The highest BCUT2D eigenvalue weighted by Crippen LogP contribution is 2.35. The molecule has 0 bridgehead atoms. The van der Waals surface area contributed by atoms with E-state index >= 15 is 0 Å². The Hall–Kier alpha value is -3.87. The maximum absolute atomic E-state index is 12.7. The van der Waals surface area contributed by atoms with E-state index in [1.54, 1.807) is 0 Å². The van der Waals surface area contributed by atoms with Gasteiger partial charge in [-0.25, -0.2) is 4.79 Å². The van der Waals surface area contributed by atoms with Gasteiger partial charge in [0, 0.05) is 36.6 Å². The van der Waals surface area contributed by atoms with Gasteiger partial charge in [-0.1, -0.05) is 30.3 Å². The van der Waals surface area contributed by atoms with Crippen molar-refractivity contribution in [1.82, 2.24) is 4.90 Å². The Labute approximate surface area is 186 Å². The van der Waals surface area contributed by atoms with Gasteiger partial charge < -0.3 is 29.7 Å². The molecule has 0 saturated carbocycles. The first-order valence-electron chi connectivity index (χ1n) is 10.7. The van der Waals surface area contributed by atoms with Gasteiger partial charge in [0.05, 0.1) is 0 Å². The number of carbonyl (C=O) groups is 1. The molecular formula is C25H25N3O4. The highest BCUT2D eigenvalue weighted by atomic mass is 16.7. The van der Waals surface area contributed by atoms with Gasteiger partial charge in [0.1, 0.15) is 12.4 Å². The van der Waals surface area contributed by atoms with Crippen molar-refractivity contribution in [2.24, 2.45) is 0 Å². The molecule has 1 atom stereocenters. The lowest BCUT2D eigenvalue weighted by atomic mass is 10.2. The molecule has 0 radical (unpaired) electrons. The fraction of sp³-hybridized carbons (Fsp3) is 0.240. The van der Waals surface area contributed by atoms with E-state index in [2.05, 4.69) is 10.6 Å². The topological polar surface area (TPSA) is 72.1 Å².